The maximum Gasteiger partial charge on any atom is 0.331 e. The van der Waals surface area contributed by atoms with E-state index in [4.69, 9.17) is 9.84 Å². The number of rotatable bonds is 3. The minimum atomic E-state index is -1.00. The van der Waals surface area contributed by atoms with Crippen LogP contribution in [0.3, 0.4) is 0 Å². The Morgan fingerprint density at radius 2 is 2.09 bits per heavy atom. The SMILES string of the molecule is C=C(C(=O)O)[C@@H]1CC=C2[C@H](OC(C)=O)CC(=O)[C@H](C)[C@@]2(C)C1. The third-order valence-electron chi connectivity index (χ3n) is 5.20. The van der Waals surface area contributed by atoms with Gasteiger partial charge in [-0.05, 0) is 24.3 Å². The van der Waals surface area contributed by atoms with Gasteiger partial charge in [-0.3, -0.25) is 9.59 Å². The minimum absolute atomic E-state index is 0.0486. The molecular formula is C17H22O5. The van der Waals surface area contributed by atoms with Crippen molar-refractivity contribution < 1.29 is 24.2 Å². The highest BCUT2D eigenvalue weighted by Gasteiger charge is 2.50. The van der Waals surface area contributed by atoms with E-state index in [2.05, 4.69) is 6.58 Å². The van der Waals surface area contributed by atoms with Gasteiger partial charge in [0.1, 0.15) is 11.9 Å². The molecule has 2 rings (SSSR count). The number of hydrogen-bond acceptors (Lipinski definition) is 4. The predicted molar refractivity (Wildman–Crippen MR) is 80.0 cm³/mol. The molecule has 0 unspecified atom stereocenters. The van der Waals surface area contributed by atoms with Crippen LogP contribution in [-0.4, -0.2) is 28.9 Å². The monoisotopic (exact) mass is 306 g/mol. The molecule has 1 saturated carbocycles. The lowest BCUT2D eigenvalue weighted by Gasteiger charge is -2.48. The van der Waals surface area contributed by atoms with Crippen LogP contribution in [0.5, 0.6) is 0 Å². The molecule has 1 fully saturated rings. The first-order chi connectivity index (χ1) is 10.2. The highest BCUT2D eigenvalue weighted by atomic mass is 16.5. The third kappa shape index (κ3) is 2.72. The first kappa shape index (κ1) is 16.5. The van der Waals surface area contributed by atoms with Gasteiger partial charge >= 0.3 is 11.9 Å². The summed E-state index contributed by atoms with van der Waals surface area (Å²) in [6.45, 7) is 8.81. The fourth-order valence-corrected chi connectivity index (χ4v) is 3.71. The number of ketones is 1. The summed E-state index contributed by atoms with van der Waals surface area (Å²) in [5, 5.41) is 9.15. The molecule has 0 aromatic heterocycles. The summed E-state index contributed by atoms with van der Waals surface area (Å²) in [5.74, 6) is -1.79. The van der Waals surface area contributed by atoms with Crippen LogP contribution in [0, 0.1) is 17.3 Å². The van der Waals surface area contributed by atoms with Crippen molar-refractivity contribution in [3.63, 3.8) is 0 Å². The van der Waals surface area contributed by atoms with Crippen LogP contribution >= 0.6 is 0 Å². The summed E-state index contributed by atoms with van der Waals surface area (Å²) in [4.78, 5) is 34.7. The molecule has 22 heavy (non-hydrogen) atoms. The highest BCUT2D eigenvalue weighted by Crippen LogP contribution is 2.52. The van der Waals surface area contributed by atoms with Gasteiger partial charge in [0.2, 0.25) is 0 Å². The van der Waals surface area contributed by atoms with Gasteiger partial charge in [0.05, 0.1) is 0 Å². The van der Waals surface area contributed by atoms with Crippen LogP contribution in [0.4, 0.5) is 0 Å². The number of carbonyl (C=O) groups is 3. The van der Waals surface area contributed by atoms with Crippen molar-refractivity contribution in [2.24, 2.45) is 17.3 Å². The molecule has 2 aliphatic carbocycles. The van der Waals surface area contributed by atoms with Crippen LogP contribution in [0.15, 0.2) is 23.8 Å². The normalized spacial score (nSPS) is 34.4. The Balaban J connectivity index is 2.37. The van der Waals surface area contributed by atoms with Crippen LogP contribution in [-0.2, 0) is 19.1 Å². The standard InChI is InChI=1S/C17H22O5/c1-9(16(20)21)12-5-6-13-15(22-11(3)18)7-14(19)10(2)17(13,4)8-12/h6,10,12,15H,1,5,7-8H2,2-4H3,(H,20,21)/t10-,12+,15+,17+/m0/s1. The molecule has 0 spiro atoms. The summed E-state index contributed by atoms with van der Waals surface area (Å²) >= 11 is 0. The average molecular weight is 306 g/mol. The van der Waals surface area contributed by atoms with Crippen LogP contribution in [0.25, 0.3) is 0 Å². The Hall–Kier alpha value is -1.91. The number of esters is 1. The molecule has 0 radical (unpaired) electrons. The molecular weight excluding hydrogens is 284 g/mol. The number of aliphatic carboxylic acids is 1. The number of carboxylic acid groups (broad SMARTS) is 1. The molecule has 0 amide bonds. The van der Waals surface area contributed by atoms with E-state index in [0.29, 0.717) is 12.8 Å². The van der Waals surface area contributed by atoms with Crippen molar-refractivity contribution in [3.8, 4) is 0 Å². The van der Waals surface area contributed by atoms with Crippen molar-refractivity contribution in [2.45, 2.75) is 46.1 Å². The van der Waals surface area contributed by atoms with E-state index in [9.17, 15) is 14.4 Å². The fourth-order valence-electron chi connectivity index (χ4n) is 3.71. The summed E-state index contributed by atoms with van der Waals surface area (Å²) in [5.41, 5.74) is 0.631. The molecule has 0 heterocycles. The van der Waals surface area contributed by atoms with Crippen molar-refractivity contribution in [1.82, 2.24) is 0 Å². The molecule has 1 N–H and O–H groups in total. The zero-order valence-corrected chi connectivity index (χ0v) is 13.2. The van der Waals surface area contributed by atoms with E-state index in [-0.39, 0.29) is 29.6 Å². The smallest absolute Gasteiger partial charge is 0.331 e. The average Bonchev–Trinajstić information content (AvgIpc) is 2.42. The number of carbonyl (C=O) groups excluding carboxylic acids is 2. The summed E-state index contributed by atoms with van der Waals surface area (Å²) in [7, 11) is 0. The zero-order valence-electron chi connectivity index (χ0n) is 13.2. The van der Waals surface area contributed by atoms with E-state index in [0.717, 1.165) is 5.57 Å². The van der Waals surface area contributed by atoms with Crippen molar-refractivity contribution in [2.75, 3.05) is 0 Å². The number of hydrogen-bond donors (Lipinski definition) is 1. The lowest BCUT2D eigenvalue weighted by Crippen LogP contribution is -2.48. The van der Waals surface area contributed by atoms with Crippen LogP contribution in [0.1, 0.15) is 40.0 Å². The minimum Gasteiger partial charge on any atom is -0.478 e. The lowest BCUT2D eigenvalue weighted by atomic mass is 9.56. The van der Waals surface area contributed by atoms with E-state index in [1.807, 2.05) is 19.9 Å². The van der Waals surface area contributed by atoms with Crippen LogP contribution < -0.4 is 0 Å². The first-order valence-electron chi connectivity index (χ1n) is 7.49. The van der Waals surface area contributed by atoms with E-state index in [1.54, 1.807) is 0 Å². The molecule has 5 nitrogen and oxygen atoms in total. The molecule has 120 valence electrons. The number of ether oxygens (including phenoxy) is 1. The Morgan fingerprint density at radius 3 is 2.64 bits per heavy atom. The Kier molecular flexibility index (Phi) is 4.27. The number of allylic oxidation sites excluding steroid dienone is 1. The van der Waals surface area contributed by atoms with Gasteiger partial charge in [0.15, 0.2) is 0 Å². The number of Topliss-reactive ketones (excluding diaryl/α,β-unsaturated/α-hetero) is 1. The molecule has 0 saturated heterocycles. The Labute approximate surface area is 130 Å². The van der Waals surface area contributed by atoms with Gasteiger partial charge in [0.25, 0.3) is 0 Å². The summed E-state index contributed by atoms with van der Waals surface area (Å²) in [6.07, 6.45) is 2.71. The maximum atomic E-state index is 12.3. The second kappa shape index (κ2) is 5.71. The Bertz CT molecular complexity index is 574. The number of carboxylic acids is 1. The van der Waals surface area contributed by atoms with Gasteiger partial charge in [-0.2, -0.15) is 0 Å². The molecule has 4 atom stereocenters. The van der Waals surface area contributed by atoms with E-state index >= 15 is 0 Å². The van der Waals surface area contributed by atoms with Crippen molar-refractivity contribution >= 4 is 17.7 Å². The molecule has 0 aliphatic heterocycles. The van der Waals surface area contributed by atoms with Gasteiger partial charge in [-0.15, -0.1) is 0 Å². The van der Waals surface area contributed by atoms with Gasteiger partial charge in [-0.1, -0.05) is 26.5 Å². The number of fused-ring (bicyclic) bond motifs is 1. The van der Waals surface area contributed by atoms with Crippen LogP contribution in [0.2, 0.25) is 0 Å². The van der Waals surface area contributed by atoms with Crippen molar-refractivity contribution in [1.29, 1.82) is 0 Å². The lowest BCUT2D eigenvalue weighted by molar-refractivity contribution is -0.149. The van der Waals surface area contributed by atoms with Gasteiger partial charge < -0.3 is 9.84 Å². The largest absolute Gasteiger partial charge is 0.478 e. The maximum absolute atomic E-state index is 12.3. The quantitative estimate of drug-likeness (QED) is 0.492. The Morgan fingerprint density at radius 1 is 1.45 bits per heavy atom. The molecule has 0 bridgehead atoms. The first-order valence-corrected chi connectivity index (χ1v) is 7.49. The van der Waals surface area contributed by atoms with Gasteiger partial charge in [-0.25, -0.2) is 4.79 Å². The van der Waals surface area contributed by atoms with E-state index < -0.39 is 23.5 Å². The van der Waals surface area contributed by atoms with E-state index in [1.165, 1.54) is 6.92 Å². The molecule has 5 heteroatoms. The second-order valence-corrected chi connectivity index (χ2v) is 6.53. The van der Waals surface area contributed by atoms with Crippen molar-refractivity contribution in [3.05, 3.63) is 23.8 Å². The summed E-state index contributed by atoms with van der Waals surface area (Å²) in [6, 6.07) is 0. The second-order valence-electron chi connectivity index (χ2n) is 6.53. The zero-order chi connectivity index (χ0) is 16.7. The molecule has 0 aromatic rings. The fraction of sp³-hybridized carbons (Fsp3) is 0.588. The predicted octanol–water partition coefficient (Wildman–Crippen LogP) is 2.51. The molecule has 2 aliphatic rings. The molecule has 0 aromatic carbocycles. The van der Waals surface area contributed by atoms with Gasteiger partial charge in [0, 0.05) is 30.3 Å². The third-order valence-corrected chi connectivity index (χ3v) is 5.20. The topological polar surface area (TPSA) is 80.7 Å². The summed E-state index contributed by atoms with van der Waals surface area (Å²) < 4.78 is 5.32. The highest BCUT2D eigenvalue weighted by molar-refractivity contribution is 5.87.